The van der Waals surface area contributed by atoms with Gasteiger partial charge in [-0.1, -0.05) is 149 Å². The zero-order valence-corrected chi connectivity index (χ0v) is 30.3. The summed E-state index contributed by atoms with van der Waals surface area (Å²) < 4.78 is 31.2. The fourth-order valence-corrected chi connectivity index (χ4v) is 7.45. The van der Waals surface area contributed by atoms with Gasteiger partial charge < -0.3 is 5.73 Å². The second-order valence-electron chi connectivity index (χ2n) is 12.6. The molecule has 0 spiro atoms. The van der Waals surface area contributed by atoms with Crippen LogP contribution in [0, 0.1) is 20.8 Å². The monoisotopic (exact) mass is 700 g/mol. The van der Waals surface area contributed by atoms with Crippen molar-refractivity contribution in [1.82, 2.24) is 4.72 Å². The molecule has 44 heavy (non-hydrogen) atoms. The van der Waals surface area contributed by atoms with Gasteiger partial charge in [-0.15, -0.1) is 0 Å². The Morgan fingerprint density at radius 2 is 0.955 bits per heavy atom. The van der Waals surface area contributed by atoms with Crippen LogP contribution in [-0.2, 0) is 29.5 Å². The van der Waals surface area contributed by atoms with Crippen molar-refractivity contribution >= 4 is 10.0 Å². The predicted molar refractivity (Wildman–Crippen MR) is 182 cm³/mol. The van der Waals surface area contributed by atoms with Crippen LogP contribution >= 0.6 is 0 Å². The smallest absolute Gasteiger partial charge is 0.241 e. The van der Waals surface area contributed by atoms with Crippen LogP contribution in [0.25, 0.3) is 0 Å². The third-order valence-electron chi connectivity index (χ3n) is 7.70. The van der Waals surface area contributed by atoms with Gasteiger partial charge in [-0.05, 0) is 66.3 Å². The van der Waals surface area contributed by atoms with E-state index in [0.29, 0.717) is 10.8 Å². The fraction of sp³-hybridized carbons (Fsp3) is 0.368. The Labute approximate surface area is 279 Å². The van der Waals surface area contributed by atoms with Crippen molar-refractivity contribution in [2.24, 2.45) is 5.73 Å². The first-order valence-electron chi connectivity index (χ1n) is 15.3. The molecule has 0 unspecified atom stereocenters. The minimum absolute atomic E-state index is 0. The molecule has 4 aromatic carbocycles. The van der Waals surface area contributed by atoms with Crippen molar-refractivity contribution in [3.8, 4) is 0 Å². The van der Waals surface area contributed by atoms with Crippen LogP contribution in [-0.4, -0.2) is 8.42 Å². The Balaban J connectivity index is 0.000000579. The molecule has 0 aliphatic heterocycles. The van der Waals surface area contributed by atoms with Crippen molar-refractivity contribution in [1.29, 1.82) is 0 Å². The quantitative estimate of drug-likeness (QED) is 0.171. The molecule has 4 nitrogen and oxygen atoms in total. The van der Waals surface area contributed by atoms with E-state index in [4.69, 9.17) is 5.73 Å². The summed E-state index contributed by atoms with van der Waals surface area (Å²) in [4.78, 5) is 0.392. The number of hydrogen-bond donors (Lipinski definition) is 2. The maximum atomic E-state index is 14.1. The second-order valence-corrected chi connectivity index (χ2v) is 14.3. The van der Waals surface area contributed by atoms with Crippen molar-refractivity contribution in [3.63, 3.8) is 0 Å². The SMILES string of the molecule is CC(C)c1cc(C(C)C)c(S(=O)(=O)N[C@@H](c2ccccc2)[C@@H](N)c2ccccc2)c(C(C)C)c1.Cc1cc(C)cc(C)c1.[Ru]. The summed E-state index contributed by atoms with van der Waals surface area (Å²) in [5, 5.41) is 0. The van der Waals surface area contributed by atoms with Crippen LogP contribution in [0.2, 0.25) is 0 Å². The van der Waals surface area contributed by atoms with Crippen LogP contribution in [0.5, 0.6) is 0 Å². The van der Waals surface area contributed by atoms with Gasteiger partial charge in [0, 0.05) is 19.5 Å². The maximum absolute atomic E-state index is 14.1. The van der Waals surface area contributed by atoms with Crippen molar-refractivity contribution in [2.75, 3.05) is 0 Å². The van der Waals surface area contributed by atoms with Crippen molar-refractivity contribution in [3.05, 3.63) is 136 Å². The number of rotatable bonds is 9. The summed E-state index contributed by atoms with van der Waals surface area (Å²) in [6.45, 7) is 18.8. The second kappa shape index (κ2) is 16.6. The van der Waals surface area contributed by atoms with Gasteiger partial charge in [-0.25, -0.2) is 13.1 Å². The molecule has 0 fully saturated rings. The zero-order chi connectivity index (χ0) is 31.9. The van der Waals surface area contributed by atoms with Crippen LogP contribution in [0.15, 0.2) is 95.9 Å². The molecule has 0 radical (unpaired) electrons. The van der Waals surface area contributed by atoms with Crippen molar-refractivity contribution < 1.29 is 27.9 Å². The molecule has 6 heteroatoms. The summed E-state index contributed by atoms with van der Waals surface area (Å²) in [7, 11) is -3.88. The number of aryl methyl sites for hydroxylation is 3. The number of hydrogen-bond acceptors (Lipinski definition) is 3. The Kier molecular flexibility index (Phi) is 14.2. The first-order valence-corrected chi connectivity index (χ1v) is 16.8. The van der Waals surface area contributed by atoms with E-state index in [-0.39, 0.29) is 31.3 Å². The largest absolute Gasteiger partial charge is 0.322 e. The molecule has 0 amide bonds. The maximum Gasteiger partial charge on any atom is 0.241 e. The van der Waals surface area contributed by atoms with Gasteiger partial charge in [0.1, 0.15) is 0 Å². The van der Waals surface area contributed by atoms with Gasteiger partial charge in [0.25, 0.3) is 0 Å². The van der Waals surface area contributed by atoms with Gasteiger partial charge in [-0.3, -0.25) is 0 Å². The molecule has 0 aliphatic carbocycles. The molecular formula is C38H50N2O2RuS. The van der Waals surface area contributed by atoms with Crippen LogP contribution in [0.3, 0.4) is 0 Å². The minimum atomic E-state index is -3.88. The standard InChI is InChI=1S/C29H38N2O2S.C9H12.Ru/c1-19(2)24-17-25(20(3)4)29(26(18-24)21(5)6)34(32,33)31-28(23-15-11-8-12-16-23)27(30)22-13-9-7-10-14-22;1-7-4-8(2)6-9(3)5-7;/h7-21,27-28,31H,30H2,1-6H3;4-6H,1-3H3;/t27-,28-;;/m0../s1. The molecule has 0 bridgehead atoms. The first kappa shape index (κ1) is 37.6. The Morgan fingerprint density at radius 3 is 1.32 bits per heavy atom. The van der Waals surface area contributed by atoms with Crippen LogP contribution < -0.4 is 10.5 Å². The molecule has 0 aliphatic rings. The number of nitrogens with one attached hydrogen (secondary N) is 1. The first-order chi connectivity index (χ1) is 20.2. The number of nitrogens with two attached hydrogens (primary N) is 1. The zero-order valence-electron chi connectivity index (χ0n) is 27.7. The molecule has 2 atom stereocenters. The fourth-order valence-electron chi connectivity index (χ4n) is 5.51. The van der Waals surface area contributed by atoms with E-state index < -0.39 is 22.1 Å². The average Bonchev–Trinajstić information content (AvgIpc) is 2.95. The van der Waals surface area contributed by atoms with E-state index in [9.17, 15) is 8.42 Å². The summed E-state index contributed by atoms with van der Waals surface area (Å²) >= 11 is 0. The van der Waals surface area contributed by atoms with Gasteiger partial charge in [-0.2, -0.15) is 0 Å². The average molecular weight is 700 g/mol. The summed E-state index contributed by atoms with van der Waals surface area (Å²) in [5.74, 6) is 0.421. The number of sulfonamides is 1. The third-order valence-corrected chi connectivity index (χ3v) is 9.27. The van der Waals surface area contributed by atoms with Crippen molar-refractivity contribution in [2.45, 2.75) is 97.0 Å². The Hall–Kier alpha value is -2.63. The molecule has 0 saturated heterocycles. The topological polar surface area (TPSA) is 72.2 Å². The summed E-state index contributed by atoms with van der Waals surface area (Å²) in [6, 6.07) is 28.7. The molecule has 4 rings (SSSR count). The molecule has 238 valence electrons. The number of benzene rings is 4. The van der Waals surface area contributed by atoms with Gasteiger partial charge in [0.05, 0.1) is 17.0 Å². The molecule has 0 saturated carbocycles. The predicted octanol–water partition coefficient (Wildman–Crippen LogP) is 9.39. The summed E-state index contributed by atoms with van der Waals surface area (Å²) in [6.07, 6.45) is 0. The summed E-state index contributed by atoms with van der Waals surface area (Å²) in [5.41, 5.74) is 15.3. The normalized spacial score (nSPS) is 12.8. The Morgan fingerprint density at radius 1 is 0.568 bits per heavy atom. The van der Waals surface area contributed by atoms with E-state index in [1.165, 1.54) is 16.7 Å². The van der Waals surface area contributed by atoms with Crippen LogP contribution in [0.1, 0.15) is 116 Å². The van der Waals surface area contributed by atoms with Crippen LogP contribution in [0.4, 0.5) is 0 Å². The Bertz CT molecular complexity index is 1500. The minimum Gasteiger partial charge on any atom is -0.322 e. The molecule has 0 heterocycles. The van der Waals surface area contributed by atoms with Gasteiger partial charge in [0.15, 0.2) is 0 Å². The van der Waals surface area contributed by atoms with E-state index >= 15 is 0 Å². The van der Waals surface area contributed by atoms with E-state index in [1.54, 1.807) is 0 Å². The third kappa shape index (κ3) is 9.94. The van der Waals surface area contributed by atoms with E-state index in [1.807, 2.05) is 88.4 Å². The molecule has 0 aromatic heterocycles. The van der Waals surface area contributed by atoms with Gasteiger partial charge >= 0.3 is 0 Å². The van der Waals surface area contributed by atoms with Gasteiger partial charge in [0.2, 0.25) is 10.0 Å². The van der Waals surface area contributed by atoms with E-state index in [2.05, 4.69) is 69.7 Å². The molecular weight excluding hydrogens is 650 g/mol. The van der Waals surface area contributed by atoms with E-state index in [0.717, 1.165) is 27.8 Å². The molecule has 3 N–H and O–H groups in total. The molecule has 4 aromatic rings.